The lowest BCUT2D eigenvalue weighted by molar-refractivity contribution is 0.430. The lowest BCUT2D eigenvalue weighted by Gasteiger charge is -2.25. The highest BCUT2D eigenvalue weighted by Crippen LogP contribution is 2.24. The first-order chi connectivity index (χ1) is 9.45. The Kier molecular flexibility index (Phi) is 4.57. The first kappa shape index (κ1) is 15.2. The highest BCUT2D eigenvalue weighted by Gasteiger charge is 2.27. The zero-order chi connectivity index (χ0) is 14.8. The van der Waals surface area contributed by atoms with Gasteiger partial charge in [-0.15, -0.1) is 0 Å². The summed E-state index contributed by atoms with van der Waals surface area (Å²) in [6.07, 6.45) is 2.62. The summed E-state index contributed by atoms with van der Waals surface area (Å²) in [6.45, 7) is 3.17. The van der Waals surface area contributed by atoms with Crippen LogP contribution < -0.4 is 5.32 Å². The van der Waals surface area contributed by atoms with E-state index in [-0.39, 0.29) is 4.90 Å². The molecule has 6 heteroatoms. The standard InChI is InChI=1S/C14H19FN2O2S/c1-11-5-7-17(8-6-11)20(18,19)14-9-13(15)4-3-12(14)10-16-2/h3-5,9,16H,6-8,10H2,1-2H3. The lowest BCUT2D eigenvalue weighted by Crippen LogP contribution is -2.35. The molecule has 1 aromatic rings. The molecule has 0 spiro atoms. The van der Waals surface area contributed by atoms with Crippen LogP contribution in [0.15, 0.2) is 34.7 Å². The third kappa shape index (κ3) is 3.08. The summed E-state index contributed by atoms with van der Waals surface area (Å²) in [5.41, 5.74) is 1.77. The summed E-state index contributed by atoms with van der Waals surface area (Å²) in [5.74, 6) is -0.535. The summed E-state index contributed by atoms with van der Waals surface area (Å²) in [4.78, 5) is 0.0554. The average Bonchev–Trinajstić information content (AvgIpc) is 2.41. The van der Waals surface area contributed by atoms with Crippen molar-refractivity contribution in [2.75, 3.05) is 20.1 Å². The molecule has 2 rings (SSSR count). The number of nitrogens with one attached hydrogen (secondary N) is 1. The van der Waals surface area contributed by atoms with Gasteiger partial charge in [-0.3, -0.25) is 0 Å². The van der Waals surface area contributed by atoms with Crippen molar-refractivity contribution < 1.29 is 12.8 Å². The van der Waals surface area contributed by atoms with Crippen LogP contribution in [0.2, 0.25) is 0 Å². The van der Waals surface area contributed by atoms with E-state index in [1.54, 1.807) is 7.05 Å². The Morgan fingerprint density at radius 2 is 2.15 bits per heavy atom. The zero-order valence-electron chi connectivity index (χ0n) is 11.7. The molecule has 20 heavy (non-hydrogen) atoms. The monoisotopic (exact) mass is 298 g/mol. The Hall–Kier alpha value is -1.24. The van der Waals surface area contributed by atoms with Crippen LogP contribution in [0.4, 0.5) is 4.39 Å². The molecule has 0 aromatic heterocycles. The van der Waals surface area contributed by atoms with E-state index in [0.29, 0.717) is 25.2 Å². The number of sulfonamides is 1. The maximum atomic E-state index is 13.4. The molecule has 0 aliphatic carbocycles. The molecule has 0 fully saturated rings. The number of hydrogen-bond donors (Lipinski definition) is 1. The molecule has 110 valence electrons. The molecule has 0 atom stereocenters. The second kappa shape index (κ2) is 6.03. The van der Waals surface area contributed by atoms with Crippen molar-refractivity contribution in [2.45, 2.75) is 24.8 Å². The average molecular weight is 298 g/mol. The number of rotatable bonds is 4. The SMILES string of the molecule is CNCc1ccc(F)cc1S(=O)(=O)N1CC=C(C)CC1. The molecule has 0 unspecified atom stereocenters. The maximum Gasteiger partial charge on any atom is 0.243 e. The third-order valence-corrected chi connectivity index (χ3v) is 5.36. The predicted molar refractivity (Wildman–Crippen MR) is 76.3 cm³/mol. The van der Waals surface area contributed by atoms with Crippen LogP contribution in [0.5, 0.6) is 0 Å². The van der Waals surface area contributed by atoms with Gasteiger partial charge in [-0.1, -0.05) is 17.7 Å². The van der Waals surface area contributed by atoms with E-state index in [0.717, 1.165) is 12.5 Å². The summed E-state index contributed by atoms with van der Waals surface area (Å²) in [7, 11) is -1.92. The first-order valence-corrected chi connectivity index (χ1v) is 7.98. The second-order valence-corrected chi connectivity index (χ2v) is 6.85. The van der Waals surface area contributed by atoms with E-state index in [4.69, 9.17) is 0 Å². The van der Waals surface area contributed by atoms with Gasteiger partial charge in [-0.25, -0.2) is 12.8 Å². The van der Waals surface area contributed by atoms with E-state index in [9.17, 15) is 12.8 Å². The summed E-state index contributed by atoms with van der Waals surface area (Å²) in [6, 6.07) is 3.91. The Morgan fingerprint density at radius 3 is 2.75 bits per heavy atom. The lowest BCUT2D eigenvalue weighted by atomic mass is 10.1. The fourth-order valence-corrected chi connectivity index (χ4v) is 3.83. The van der Waals surface area contributed by atoms with Gasteiger partial charge in [0.15, 0.2) is 0 Å². The van der Waals surface area contributed by atoms with Crippen molar-refractivity contribution >= 4 is 10.0 Å². The fraction of sp³-hybridized carbons (Fsp3) is 0.429. The third-order valence-electron chi connectivity index (χ3n) is 3.41. The molecule has 0 saturated carbocycles. The van der Waals surface area contributed by atoms with Gasteiger partial charge in [-0.05, 0) is 38.1 Å². The van der Waals surface area contributed by atoms with Crippen LogP contribution in [-0.4, -0.2) is 32.9 Å². The van der Waals surface area contributed by atoms with E-state index in [1.165, 1.54) is 22.0 Å². The molecule has 0 radical (unpaired) electrons. The first-order valence-electron chi connectivity index (χ1n) is 6.54. The molecule has 0 saturated heterocycles. The molecule has 1 aliphatic heterocycles. The Bertz CT molecular complexity index is 626. The summed E-state index contributed by atoms with van der Waals surface area (Å²) < 4.78 is 40.1. The van der Waals surface area contributed by atoms with Crippen LogP contribution in [0.25, 0.3) is 0 Å². The highest BCUT2D eigenvalue weighted by atomic mass is 32.2. The molecule has 1 aliphatic rings. The molecule has 1 aromatic carbocycles. The minimum atomic E-state index is -3.65. The van der Waals surface area contributed by atoms with Gasteiger partial charge in [0.05, 0.1) is 4.90 Å². The Balaban J connectivity index is 2.41. The van der Waals surface area contributed by atoms with Crippen LogP contribution in [-0.2, 0) is 16.6 Å². The van der Waals surface area contributed by atoms with Crippen LogP contribution in [0, 0.1) is 5.82 Å². The normalized spacial score (nSPS) is 17.1. The van der Waals surface area contributed by atoms with Crippen LogP contribution in [0.1, 0.15) is 18.9 Å². The molecule has 1 heterocycles. The van der Waals surface area contributed by atoms with Gasteiger partial charge in [0, 0.05) is 19.6 Å². The van der Waals surface area contributed by atoms with Crippen molar-refractivity contribution in [3.8, 4) is 0 Å². The van der Waals surface area contributed by atoms with Gasteiger partial charge in [0.1, 0.15) is 5.82 Å². The minimum Gasteiger partial charge on any atom is -0.316 e. The van der Waals surface area contributed by atoms with Gasteiger partial charge < -0.3 is 5.32 Å². The van der Waals surface area contributed by atoms with E-state index in [1.807, 2.05) is 13.0 Å². The molecule has 1 N–H and O–H groups in total. The highest BCUT2D eigenvalue weighted by molar-refractivity contribution is 7.89. The molecule has 4 nitrogen and oxygen atoms in total. The summed E-state index contributed by atoms with van der Waals surface area (Å²) >= 11 is 0. The molecule has 0 bridgehead atoms. The van der Waals surface area contributed by atoms with Crippen molar-refractivity contribution in [3.63, 3.8) is 0 Å². The zero-order valence-corrected chi connectivity index (χ0v) is 12.5. The van der Waals surface area contributed by atoms with Crippen LogP contribution in [0.3, 0.4) is 0 Å². The maximum absolute atomic E-state index is 13.4. The van der Waals surface area contributed by atoms with Crippen molar-refractivity contribution in [3.05, 3.63) is 41.2 Å². The molecular formula is C14H19FN2O2S. The van der Waals surface area contributed by atoms with Gasteiger partial charge in [0.2, 0.25) is 10.0 Å². The number of hydrogen-bond acceptors (Lipinski definition) is 3. The topological polar surface area (TPSA) is 49.4 Å². The van der Waals surface area contributed by atoms with Crippen molar-refractivity contribution in [2.24, 2.45) is 0 Å². The van der Waals surface area contributed by atoms with Gasteiger partial charge in [-0.2, -0.15) is 4.31 Å². The second-order valence-electron chi connectivity index (χ2n) is 4.95. The number of nitrogens with zero attached hydrogens (tertiary/aromatic N) is 1. The quantitative estimate of drug-likeness (QED) is 0.864. The van der Waals surface area contributed by atoms with Crippen molar-refractivity contribution in [1.29, 1.82) is 0 Å². The molecule has 0 amide bonds. The number of halogens is 1. The van der Waals surface area contributed by atoms with E-state index < -0.39 is 15.8 Å². The summed E-state index contributed by atoms with van der Waals surface area (Å²) in [5, 5.41) is 2.91. The smallest absolute Gasteiger partial charge is 0.243 e. The fourth-order valence-electron chi connectivity index (χ4n) is 2.21. The van der Waals surface area contributed by atoms with Gasteiger partial charge >= 0.3 is 0 Å². The Morgan fingerprint density at radius 1 is 1.40 bits per heavy atom. The van der Waals surface area contributed by atoms with Crippen LogP contribution >= 0.6 is 0 Å². The van der Waals surface area contributed by atoms with E-state index in [2.05, 4.69) is 5.32 Å². The van der Waals surface area contributed by atoms with Gasteiger partial charge in [0.25, 0.3) is 0 Å². The largest absolute Gasteiger partial charge is 0.316 e. The number of benzene rings is 1. The molecular weight excluding hydrogens is 279 g/mol. The predicted octanol–water partition coefficient (Wildman–Crippen LogP) is 1.89. The van der Waals surface area contributed by atoms with Crippen molar-refractivity contribution in [1.82, 2.24) is 9.62 Å². The Labute approximate surface area is 119 Å². The van der Waals surface area contributed by atoms with E-state index >= 15 is 0 Å². The minimum absolute atomic E-state index is 0.0554.